The highest BCUT2D eigenvalue weighted by Crippen LogP contribution is 2.28. The van der Waals surface area contributed by atoms with Gasteiger partial charge in [-0.05, 0) is 54.6 Å². The summed E-state index contributed by atoms with van der Waals surface area (Å²) < 4.78 is 29.9. The van der Waals surface area contributed by atoms with Crippen LogP contribution >= 0.6 is 23.2 Å². The summed E-state index contributed by atoms with van der Waals surface area (Å²) in [6.45, 7) is 0. The van der Waals surface area contributed by atoms with E-state index in [9.17, 15) is 8.42 Å². The molecule has 0 atom stereocenters. The quantitative estimate of drug-likeness (QED) is 0.368. The first-order chi connectivity index (χ1) is 15.9. The predicted octanol–water partition coefficient (Wildman–Crippen LogP) is 4.96. The van der Waals surface area contributed by atoms with Gasteiger partial charge in [-0.1, -0.05) is 35.3 Å². The number of aromatic nitrogens is 5. The summed E-state index contributed by atoms with van der Waals surface area (Å²) in [5, 5.41) is 13.4. The van der Waals surface area contributed by atoms with Crippen molar-refractivity contribution in [2.24, 2.45) is 0 Å². The smallest absolute Gasteiger partial charge is 0.263 e. The minimum atomic E-state index is -3.95. The molecule has 3 heterocycles. The van der Waals surface area contributed by atoms with Gasteiger partial charge in [-0.25, -0.2) is 8.42 Å². The highest BCUT2D eigenvalue weighted by Gasteiger charge is 2.19. The van der Waals surface area contributed by atoms with Crippen molar-refractivity contribution in [3.05, 3.63) is 89.2 Å². The van der Waals surface area contributed by atoms with E-state index in [1.807, 2.05) is 18.2 Å². The second-order valence-electron chi connectivity index (χ2n) is 7.01. The van der Waals surface area contributed by atoms with Gasteiger partial charge in [-0.3, -0.25) is 9.71 Å². The zero-order valence-electron chi connectivity index (χ0n) is 16.7. The van der Waals surface area contributed by atoms with Crippen LogP contribution in [0.1, 0.15) is 0 Å². The van der Waals surface area contributed by atoms with E-state index in [1.165, 1.54) is 18.2 Å². The highest BCUT2D eigenvalue weighted by molar-refractivity contribution is 7.92. The first kappa shape index (κ1) is 21.3. The van der Waals surface area contributed by atoms with Crippen LogP contribution in [0.15, 0.2) is 84.0 Å². The Hall–Kier alpha value is -3.53. The number of anilines is 1. The minimum absolute atomic E-state index is 0.0747. The number of benzene rings is 2. The second kappa shape index (κ2) is 8.43. The molecule has 0 spiro atoms. The van der Waals surface area contributed by atoms with Crippen molar-refractivity contribution in [1.82, 2.24) is 24.8 Å². The molecule has 11 heteroatoms. The summed E-state index contributed by atoms with van der Waals surface area (Å²) in [7, 11) is -3.95. The maximum absolute atomic E-state index is 12.9. The molecule has 1 N–H and O–H groups in total. The molecule has 0 aliphatic carbocycles. The lowest BCUT2D eigenvalue weighted by atomic mass is 10.1. The SMILES string of the molecule is O=S(=O)(Nc1cccc(-c2ccc3nnc(-c4cccnc4)n3n2)c1)c1cc(Cl)ccc1Cl. The maximum Gasteiger partial charge on any atom is 0.263 e. The molecule has 3 aromatic heterocycles. The van der Waals surface area contributed by atoms with Gasteiger partial charge in [0.05, 0.1) is 10.7 Å². The molecule has 0 fully saturated rings. The van der Waals surface area contributed by atoms with E-state index in [2.05, 4.69) is 25.0 Å². The molecule has 33 heavy (non-hydrogen) atoms. The third-order valence-electron chi connectivity index (χ3n) is 4.78. The largest absolute Gasteiger partial charge is 0.280 e. The van der Waals surface area contributed by atoms with Gasteiger partial charge < -0.3 is 0 Å². The summed E-state index contributed by atoms with van der Waals surface area (Å²) in [5.74, 6) is 0.549. The summed E-state index contributed by atoms with van der Waals surface area (Å²) in [4.78, 5) is 4.01. The number of nitrogens with one attached hydrogen (secondary N) is 1. The molecule has 2 aromatic carbocycles. The van der Waals surface area contributed by atoms with Crippen LogP contribution in [0.4, 0.5) is 5.69 Å². The third kappa shape index (κ3) is 4.25. The topological polar surface area (TPSA) is 102 Å². The van der Waals surface area contributed by atoms with E-state index in [0.29, 0.717) is 28.4 Å². The molecule has 0 aliphatic heterocycles. The number of fused-ring (bicyclic) bond motifs is 1. The van der Waals surface area contributed by atoms with Gasteiger partial charge in [0, 0.05) is 34.2 Å². The zero-order chi connectivity index (χ0) is 23.0. The summed E-state index contributed by atoms with van der Waals surface area (Å²) >= 11 is 12.0. The van der Waals surface area contributed by atoms with E-state index in [0.717, 1.165) is 5.56 Å². The monoisotopic (exact) mass is 496 g/mol. The average molecular weight is 497 g/mol. The molecule has 0 bridgehead atoms. The first-order valence-corrected chi connectivity index (χ1v) is 11.9. The second-order valence-corrected chi connectivity index (χ2v) is 9.51. The minimum Gasteiger partial charge on any atom is -0.280 e. The average Bonchev–Trinajstić information content (AvgIpc) is 3.24. The lowest BCUT2D eigenvalue weighted by Crippen LogP contribution is -2.13. The summed E-state index contributed by atoms with van der Waals surface area (Å²) in [6.07, 6.45) is 3.36. The lowest BCUT2D eigenvalue weighted by molar-refractivity contribution is 0.601. The van der Waals surface area contributed by atoms with Crippen LogP contribution in [0, 0.1) is 0 Å². The Labute approximate surface area is 198 Å². The van der Waals surface area contributed by atoms with E-state index >= 15 is 0 Å². The number of hydrogen-bond acceptors (Lipinski definition) is 6. The summed E-state index contributed by atoms with van der Waals surface area (Å²) in [6, 6.07) is 18.4. The van der Waals surface area contributed by atoms with Crippen LogP contribution in [0.25, 0.3) is 28.3 Å². The van der Waals surface area contributed by atoms with Gasteiger partial charge >= 0.3 is 0 Å². The standard InChI is InChI=1S/C22H14Cl2N6O2S/c23-16-6-7-18(24)20(12-16)33(31,32)29-17-5-1-3-14(11-17)19-8-9-21-26-27-22(30(21)28-19)15-4-2-10-25-13-15/h1-13,29H. The van der Waals surface area contributed by atoms with Crippen molar-refractivity contribution < 1.29 is 8.42 Å². The van der Waals surface area contributed by atoms with Crippen LogP contribution in [0.2, 0.25) is 10.0 Å². The molecule has 0 saturated carbocycles. The molecule has 8 nitrogen and oxygen atoms in total. The van der Waals surface area contributed by atoms with Crippen molar-refractivity contribution in [3.63, 3.8) is 0 Å². The maximum atomic E-state index is 12.9. The molecule has 0 unspecified atom stereocenters. The van der Waals surface area contributed by atoms with Gasteiger partial charge in [-0.2, -0.15) is 9.61 Å². The molecule has 5 aromatic rings. The zero-order valence-corrected chi connectivity index (χ0v) is 19.1. The Balaban J connectivity index is 1.51. The molecule has 0 saturated heterocycles. The van der Waals surface area contributed by atoms with Gasteiger partial charge in [0.2, 0.25) is 0 Å². The Morgan fingerprint density at radius 3 is 2.55 bits per heavy atom. The number of nitrogens with zero attached hydrogens (tertiary/aromatic N) is 5. The molecule has 5 rings (SSSR count). The Morgan fingerprint density at radius 2 is 1.73 bits per heavy atom. The van der Waals surface area contributed by atoms with Gasteiger partial charge in [-0.15, -0.1) is 10.2 Å². The van der Waals surface area contributed by atoms with Crippen molar-refractivity contribution in [2.45, 2.75) is 4.90 Å². The van der Waals surface area contributed by atoms with Crippen LogP contribution in [0.3, 0.4) is 0 Å². The number of rotatable bonds is 5. The van der Waals surface area contributed by atoms with E-state index in [1.54, 1.807) is 47.2 Å². The third-order valence-corrected chi connectivity index (χ3v) is 6.87. The van der Waals surface area contributed by atoms with Crippen LogP contribution < -0.4 is 4.72 Å². The Bertz CT molecular complexity index is 1590. The number of hydrogen-bond donors (Lipinski definition) is 1. The first-order valence-electron chi connectivity index (χ1n) is 9.62. The van der Waals surface area contributed by atoms with Crippen LogP contribution in [0.5, 0.6) is 0 Å². The fourth-order valence-corrected chi connectivity index (χ4v) is 5.07. The molecular weight excluding hydrogens is 483 g/mol. The number of halogens is 2. The van der Waals surface area contributed by atoms with Gasteiger partial charge in [0.25, 0.3) is 10.0 Å². The summed E-state index contributed by atoms with van der Waals surface area (Å²) in [5.41, 5.74) is 3.00. The van der Waals surface area contributed by atoms with Crippen molar-refractivity contribution in [3.8, 4) is 22.6 Å². The fraction of sp³-hybridized carbons (Fsp3) is 0. The highest BCUT2D eigenvalue weighted by atomic mass is 35.5. The lowest BCUT2D eigenvalue weighted by Gasteiger charge is -2.11. The van der Waals surface area contributed by atoms with Crippen LogP contribution in [-0.4, -0.2) is 33.2 Å². The molecule has 164 valence electrons. The van der Waals surface area contributed by atoms with Crippen molar-refractivity contribution >= 4 is 44.6 Å². The predicted molar refractivity (Wildman–Crippen MR) is 127 cm³/mol. The van der Waals surface area contributed by atoms with Gasteiger partial charge in [0.15, 0.2) is 11.5 Å². The Morgan fingerprint density at radius 1 is 0.879 bits per heavy atom. The number of pyridine rings is 1. The van der Waals surface area contributed by atoms with Crippen molar-refractivity contribution in [1.29, 1.82) is 0 Å². The Kier molecular flexibility index (Phi) is 5.45. The van der Waals surface area contributed by atoms with Gasteiger partial charge in [0.1, 0.15) is 4.90 Å². The van der Waals surface area contributed by atoms with Crippen LogP contribution in [-0.2, 0) is 10.0 Å². The van der Waals surface area contributed by atoms with Crippen molar-refractivity contribution in [2.75, 3.05) is 4.72 Å². The van der Waals surface area contributed by atoms with E-state index in [-0.39, 0.29) is 14.9 Å². The van der Waals surface area contributed by atoms with E-state index in [4.69, 9.17) is 23.2 Å². The van der Waals surface area contributed by atoms with E-state index < -0.39 is 10.0 Å². The molecule has 0 amide bonds. The molecule has 0 radical (unpaired) electrons. The normalized spacial score (nSPS) is 11.6. The molecule has 0 aliphatic rings. The molecular formula is C22H14Cl2N6O2S. The fourth-order valence-electron chi connectivity index (χ4n) is 3.25. The number of sulfonamides is 1.